The molecular formula is C22H23N5O2. The van der Waals surface area contributed by atoms with Crippen molar-refractivity contribution in [2.45, 2.75) is 26.4 Å². The van der Waals surface area contributed by atoms with Gasteiger partial charge in [0, 0.05) is 19.3 Å². The van der Waals surface area contributed by atoms with E-state index in [4.69, 9.17) is 0 Å². The van der Waals surface area contributed by atoms with Crippen LogP contribution in [0.15, 0.2) is 71.8 Å². The van der Waals surface area contributed by atoms with Crippen LogP contribution in [-0.2, 0) is 24.3 Å². The minimum Gasteiger partial charge on any atom is -0.354 e. The number of carbonyl (C=O) groups excluding carboxylic acids is 1. The van der Waals surface area contributed by atoms with Crippen molar-refractivity contribution < 1.29 is 4.79 Å². The average molecular weight is 389 g/mol. The van der Waals surface area contributed by atoms with Gasteiger partial charge in [0.2, 0.25) is 5.91 Å². The number of carbonyl (C=O) groups is 1. The Morgan fingerprint density at radius 2 is 1.69 bits per heavy atom. The van der Waals surface area contributed by atoms with Crippen molar-refractivity contribution in [3.05, 3.63) is 83.0 Å². The Morgan fingerprint density at radius 3 is 2.41 bits per heavy atom. The van der Waals surface area contributed by atoms with Gasteiger partial charge in [-0.2, -0.15) is 5.10 Å². The zero-order valence-corrected chi connectivity index (χ0v) is 16.3. The minimum absolute atomic E-state index is 0.00955. The van der Waals surface area contributed by atoms with Gasteiger partial charge in [-0.05, 0) is 43.2 Å². The maximum atomic E-state index is 12.6. The number of hydrogen-bond donors (Lipinski definition) is 1. The van der Waals surface area contributed by atoms with Crippen molar-refractivity contribution in [3.8, 4) is 5.69 Å². The molecular weight excluding hydrogens is 366 g/mol. The summed E-state index contributed by atoms with van der Waals surface area (Å²) in [5.74, 6) is -0.179. The lowest BCUT2D eigenvalue weighted by molar-refractivity contribution is -0.121. The summed E-state index contributed by atoms with van der Waals surface area (Å²) in [5, 5.41) is 7.27. The first-order chi connectivity index (χ1) is 14.2. The molecule has 2 heterocycles. The molecule has 0 spiro atoms. The summed E-state index contributed by atoms with van der Waals surface area (Å²) in [7, 11) is 0. The van der Waals surface area contributed by atoms with E-state index in [2.05, 4.69) is 10.4 Å². The van der Waals surface area contributed by atoms with E-state index in [-0.39, 0.29) is 18.1 Å². The highest BCUT2D eigenvalue weighted by Crippen LogP contribution is 2.12. The molecule has 0 unspecified atom stereocenters. The zero-order valence-electron chi connectivity index (χ0n) is 16.3. The highest BCUT2D eigenvalue weighted by molar-refractivity contribution is 5.80. The van der Waals surface area contributed by atoms with E-state index < -0.39 is 0 Å². The fraction of sp³-hybridized carbons (Fsp3) is 0.227. The monoisotopic (exact) mass is 389 g/mol. The standard InChI is InChI=1S/C22H23N5O2/c1-2-25-19-10-6-7-11-20(19)26(22(25)29)16-21(28)23-13-12-17-14-24-27(15-17)18-8-4-3-5-9-18/h3-11,14-15H,2,12-13,16H2,1H3,(H,23,28). The van der Waals surface area contributed by atoms with E-state index >= 15 is 0 Å². The number of imidazole rings is 1. The van der Waals surface area contributed by atoms with Crippen molar-refractivity contribution in [2.75, 3.05) is 6.54 Å². The summed E-state index contributed by atoms with van der Waals surface area (Å²) < 4.78 is 5.03. The van der Waals surface area contributed by atoms with Crippen LogP contribution in [0.5, 0.6) is 0 Å². The summed E-state index contributed by atoms with van der Waals surface area (Å²) in [6.45, 7) is 2.99. The van der Waals surface area contributed by atoms with E-state index in [1.807, 2.05) is 72.4 Å². The van der Waals surface area contributed by atoms with Gasteiger partial charge < -0.3 is 5.32 Å². The molecule has 7 heteroatoms. The maximum absolute atomic E-state index is 12.6. The smallest absolute Gasteiger partial charge is 0.329 e. The van der Waals surface area contributed by atoms with Gasteiger partial charge in [-0.25, -0.2) is 9.48 Å². The van der Waals surface area contributed by atoms with Gasteiger partial charge in [-0.15, -0.1) is 0 Å². The normalized spacial score (nSPS) is 11.1. The highest BCUT2D eigenvalue weighted by atomic mass is 16.2. The Hall–Kier alpha value is -3.61. The molecule has 0 bridgehead atoms. The van der Waals surface area contributed by atoms with E-state index in [9.17, 15) is 9.59 Å². The number of aryl methyl sites for hydroxylation is 1. The van der Waals surface area contributed by atoms with E-state index in [0.29, 0.717) is 19.5 Å². The van der Waals surface area contributed by atoms with Crippen LogP contribution < -0.4 is 11.0 Å². The molecule has 4 rings (SSSR count). The Morgan fingerprint density at radius 1 is 1.00 bits per heavy atom. The fourth-order valence-electron chi connectivity index (χ4n) is 3.49. The van der Waals surface area contributed by atoms with Crippen LogP contribution in [0.1, 0.15) is 12.5 Å². The molecule has 29 heavy (non-hydrogen) atoms. The van der Waals surface area contributed by atoms with Gasteiger partial charge in [0.15, 0.2) is 0 Å². The molecule has 0 radical (unpaired) electrons. The first-order valence-corrected chi connectivity index (χ1v) is 9.71. The molecule has 0 aliphatic heterocycles. The van der Waals surface area contributed by atoms with Crippen molar-refractivity contribution >= 4 is 16.9 Å². The summed E-state index contributed by atoms with van der Waals surface area (Å²) in [6, 6.07) is 17.4. The van der Waals surface area contributed by atoms with Crippen molar-refractivity contribution in [3.63, 3.8) is 0 Å². The quantitative estimate of drug-likeness (QED) is 0.527. The van der Waals surface area contributed by atoms with Gasteiger partial charge in [0.25, 0.3) is 0 Å². The molecule has 148 valence electrons. The molecule has 2 aromatic heterocycles. The molecule has 1 amide bonds. The molecule has 4 aromatic rings. The molecule has 0 aliphatic rings. The van der Waals surface area contributed by atoms with Crippen LogP contribution in [0.25, 0.3) is 16.7 Å². The van der Waals surface area contributed by atoms with Gasteiger partial charge in [0.05, 0.1) is 22.9 Å². The first-order valence-electron chi connectivity index (χ1n) is 9.71. The first kappa shape index (κ1) is 18.7. The second kappa shape index (κ2) is 8.18. The number of rotatable bonds is 7. The lowest BCUT2D eigenvalue weighted by Gasteiger charge is -2.05. The van der Waals surface area contributed by atoms with Crippen molar-refractivity contribution in [2.24, 2.45) is 0 Å². The van der Waals surface area contributed by atoms with Gasteiger partial charge in [-0.1, -0.05) is 30.3 Å². The largest absolute Gasteiger partial charge is 0.354 e. The van der Waals surface area contributed by atoms with Crippen molar-refractivity contribution in [1.29, 1.82) is 0 Å². The maximum Gasteiger partial charge on any atom is 0.329 e. The van der Waals surface area contributed by atoms with E-state index in [1.54, 1.807) is 10.8 Å². The predicted octanol–water partition coefficient (Wildman–Crippen LogP) is 2.37. The fourth-order valence-corrected chi connectivity index (χ4v) is 3.49. The number of nitrogens with one attached hydrogen (secondary N) is 1. The molecule has 0 atom stereocenters. The number of hydrogen-bond acceptors (Lipinski definition) is 3. The summed E-state index contributed by atoms with van der Waals surface area (Å²) in [5.41, 5.74) is 3.50. The Bertz CT molecular complexity index is 1190. The lowest BCUT2D eigenvalue weighted by atomic mass is 10.2. The third kappa shape index (κ3) is 3.85. The molecule has 0 saturated heterocycles. The van der Waals surface area contributed by atoms with Crippen LogP contribution in [0.3, 0.4) is 0 Å². The molecule has 1 N–H and O–H groups in total. The SMILES string of the molecule is CCn1c(=O)n(CC(=O)NCCc2cnn(-c3ccccc3)c2)c2ccccc21. The third-order valence-corrected chi connectivity index (χ3v) is 4.94. The number of aromatic nitrogens is 4. The van der Waals surface area contributed by atoms with E-state index in [1.165, 1.54) is 4.57 Å². The third-order valence-electron chi connectivity index (χ3n) is 4.94. The molecule has 0 saturated carbocycles. The Labute approximate surface area is 168 Å². The summed E-state index contributed by atoms with van der Waals surface area (Å²) in [6.07, 6.45) is 4.43. The number of nitrogens with zero attached hydrogens (tertiary/aromatic N) is 4. The zero-order chi connectivity index (χ0) is 20.2. The van der Waals surface area contributed by atoms with Crippen LogP contribution in [0.2, 0.25) is 0 Å². The topological polar surface area (TPSA) is 73.8 Å². The second-order valence-corrected chi connectivity index (χ2v) is 6.83. The van der Waals surface area contributed by atoms with Gasteiger partial charge in [0.1, 0.15) is 6.54 Å². The summed E-state index contributed by atoms with van der Waals surface area (Å²) in [4.78, 5) is 25.0. The molecule has 7 nitrogen and oxygen atoms in total. The average Bonchev–Trinajstić information content (AvgIpc) is 3.32. The van der Waals surface area contributed by atoms with Crippen LogP contribution >= 0.6 is 0 Å². The molecule has 0 fully saturated rings. The Kier molecular flexibility index (Phi) is 5.29. The molecule has 2 aromatic carbocycles. The predicted molar refractivity (Wildman–Crippen MR) is 112 cm³/mol. The number of fused-ring (bicyclic) bond motifs is 1. The second-order valence-electron chi connectivity index (χ2n) is 6.83. The van der Waals surface area contributed by atoms with Gasteiger partial charge >= 0.3 is 5.69 Å². The summed E-state index contributed by atoms with van der Waals surface area (Å²) >= 11 is 0. The van der Waals surface area contributed by atoms with Crippen LogP contribution in [0.4, 0.5) is 0 Å². The van der Waals surface area contributed by atoms with Gasteiger partial charge in [-0.3, -0.25) is 13.9 Å². The highest BCUT2D eigenvalue weighted by Gasteiger charge is 2.14. The van der Waals surface area contributed by atoms with Crippen LogP contribution in [-0.4, -0.2) is 31.4 Å². The Balaban J connectivity index is 1.38. The lowest BCUT2D eigenvalue weighted by Crippen LogP contribution is -2.34. The van der Waals surface area contributed by atoms with E-state index in [0.717, 1.165) is 22.3 Å². The van der Waals surface area contributed by atoms with Crippen molar-refractivity contribution in [1.82, 2.24) is 24.2 Å². The minimum atomic E-state index is -0.179. The number of amides is 1. The van der Waals surface area contributed by atoms with Crippen LogP contribution in [0, 0.1) is 0 Å². The number of para-hydroxylation sites is 3. The number of benzene rings is 2. The molecule has 0 aliphatic carbocycles.